The predicted octanol–water partition coefficient (Wildman–Crippen LogP) is 8.40. The van der Waals surface area contributed by atoms with Gasteiger partial charge in [0.1, 0.15) is 23.7 Å². The normalized spacial score (nSPS) is 16.7. The molecule has 2 unspecified atom stereocenters. The van der Waals surface area contributed by atoms with Gasteiger partial charge in [0.25, 0.3) is 11.1 Å². The number of halogens is 3. The minimum Gasteiger partial charge on any atom is -0.480 e. The van der Waals surface area contributed by atoms with Gasteiger partial charge in [-0.15, -0.1) is 0 Å². The third-order valence-electron chi connectivity index (χ3n) is 12.3. The van der Waals surface area contributed by atoms with Crippen LogP contribution in [-0.4, -0.2) is 64.8 Å². The summed E-state index contributed by atoms with van der Waals surface area (Å²) in [6, 6.07) is 9.57. The van der Waals surface area contributed by atoms with Crippen LogP contribution in [0.1, 0.15) is 113 Å². The fourth-order valence-electron chi connectivity index (χ4n) is 8.91. The molecule has 2 aromatic heterocycles. The summed E-state index contributed by atoms with van der Waals surface area (Å²) in [6.45, 7) is 5.03. The van der Waals surface area contributed by atoms with Gasteiger partial charge in [-0.25, -0.2) is 23.6 Å². The molecule has 4 heterocycles. The molecule has 4 aliphatic rings. The molecule has 348 valence electrons. The number of fused-ring (bicyclic) bond motifs is 2. The van der Waals surface area contributed by atoms with Crippen LogP contribution in [-0.2, 0) is 48.4 Å². The molecule has 4 aromatic rings. The number of hydrogen-bond acceptors (Lipinski definition) is 10. The first kappa shape index (κ1) is 48.8. The van der Waals surface area contributed by atoms with Crippen molar-refractivity contribution in [1.82, 2.24) is 19.1 Å². The molecular weight excluding hydrogens is 858 g/mol. The number of nitrogens with one attached hydrogen (secondary N) is 1. The number of carbonyl (C=O) groups is 2. The third kappa shape index (κ3) is 12.8. The Balaban J connectivity index is 0.000000180. The molecule has 8 rings (SSSR count). The van der Waals surface area contributed by atoms with Gasteiger partial charge in [-0.2, -0.15) is 9.97 Å². The number of benzene rings is 2. The van der Waals surface area contributed by atoms with Crippen LogP contribution in [0.3, 0.4) is 0 Å². The minimum atomic E-state index is -1.10. The number of aliphatic carboxylic acids is 2. The van der Waals surface area contributed by atoms with E-state index in [9.17, 15) is 33.1 Å². The van der Waals surface area contributed by atoms with Gasteiger partial charge in [0.2, 0.25) is 11.2 Å². The van der Waals surface area contributed by atoms with E-state index in [1.165, 1.54) is 86.3 Å². The first-order chi connectivity index (χ1) is 31.3. The molecule has 2 aliphatic heterocycles. The summed E-state index contributed by atoms with van der Waals surface area (Å²) >= 11 is 6.11. The molecule has 0 amide bonds. The maximum atomic E-state index is 13.6. The lowest BCUT2D eigenvalue weighted by molar-refractivity contribution is -0.139. The van der Waals surface area contributed by atoms with Gasteiger partial charge in [0, 0.05) is 43.8 Å². The standard InChI is InChI=1S/C24H29FN4O3.C15H20ClN3O.C9H10FNO2/c1-2-11-29-22(30)18-14-19(16-8-4-3-5-9-16)26-21(18)28-24(29)27-20(23(31)32)13-15-7-6-10-17(25)12-15;1-2-8-19-14(20)11-9-12(10-6-4-3-5-7-10)17-13(11)18-15(19)16;10-7-3-1-2-6(4-7)5-8(11)9(12)13/h6-7,10,12,16,20H,2-5,8-9,11,13-14H2,1H3,(H,27,28)(H,31,32);10H,2-9H2,1H3;1-4,8H,5,11H2,(H,12,13). The minimum absolute atomic E-state index is 0.00332. The zero-order valence-electron chi connectivity index (χ0n) is 37.1. The molecule has 0 bridgehead atoms. The van der Waals surface area contributed by atoms with E-state index in [-0.39, 0.29) is 41.0 Å². The lowest BCUT2D eigenvalue weighted by Gasteiger charge is -2.21. The quantitative estimate of drug-likeness (QED) is 0.0889. The zero-order valence-corrected chi connectivity index (χ0v) is 37.8. The van der Waals surface area contributed by atoms with Crippen LogP contribution in [0.2, 0.25) is 5.28 Å². The number of aliphatic imine (C=N–C) groups is 2. The van der Waals surface area contributed by atoms with Crippen LogP contribution in [0.15, 0.2) is 68.1 Å². The lowest BCUT2D eigenvalue weighted by Crippen LogP contribution is -2.36. The summed E-state index contributed by atoms with van der Waals surface area (Å²) in [5.41, 5.74) is 9.76. The van der Waals surface area contributed by atoms with Crippen molar-refractivity contribution in [2.75, 3.05) is 5.32 Å². The largest absolute Gasteiger partial charge is 0.480 e. The SMILES string of the molecule is CCCn1c(Cl)nc2c(c1=O)CC(C1CCCCC1)=N2.CCCn1c(NC(Cc2cccc(F)c2)C(=O)O)nc2c(c1=O)CC(C1CCCCC1)=N2.NC(Cc1cccc(F)c1)C(=O)O. The van der Waals surface area contributed by atoms with E-state index in [1.807, 2.05) is 13.8 Å². The van der Waals surface area contributed by atoms with Crippen molar-refractivity contribution in [3.05, 3.63) is 108 Å². The Kier molecular flexibility index (Phi) is 17.3. The molecular formula is C48H59ClF2N8O6. The molecule has 17 heteroatoms. The molecule has 0 radical (unpaired) electrons. The highest BCUT2D eigenvalue weighted by atomic mass is 35.5. The van der Waals surface area contributed by atoms with E-state index >= 15 is 0 Å². The highest BCUT2D eigenvalue weighted by molar-refractivity contribution is 6.28. The number of nitrogens with zero attached hydrogens (tertiary/aromatic N) is 6. The lowest BCUT2D eigenvalue weighted by atomic mass is 9.84. The summed E-state index contributed by atoms with van der Waals surface area (Å²) in [5, 5.41) is 21.4. The maximum Gasteiger partial charge on any atom is 0.326 e. The fourth-order valence-corrected chi connectivity index (χ4v) is 9.15. The van der Waals surface area contributed by atoms with Crippen molar-refractivity contribution in [1.29, 1.82) is 0 Å². The highest BCUT2D eigenvalue weighted by Crippen LogP contribution is 2.34. The van der Waals surface area contributed by atoms with Crippen molar-refractivity contribution in [3.63, 3.8) is 0 Å². The average molecular weight is 917 g/mol. The molecule has 2 atom stereocenters. The third-order valence-corrected chi connectivity index (χ3v) is 12.6. The van der Waals surface area contributed by atoms with E-state index in [0.717, 1.165) is 36.2 Å². The van der Waals surface area contributed by atoms with Crippen LogP contribution in [0.25, 0.3) is 0 Å². The number of carboxylic acid groups (broad SMARTS) is 2. The van der Waals surface area contributed by atoms with Crippen molar-refractivity contribution >= 4 is 52.5 Å². The smallest absolute Gasteiger partial charge is 0.326 e. The maximum absolute atomic E-state index is 13.6. The van der Waals surface area contributed by atoms with Crippen LogP contribution in [0.4, 0.5) is 26.4 Å². The van der Waals surface area contributed by atoms with Gasteiger partial charge in [-0.1, -0.05) is 76.6 Å². The molecule has 0 spiro atoms. The van der Waals surface area contributed by atoms with Gasteiger partial charge in [0.05, 0.1) is 11.1 Å². The van der Waals surface area contributed by atoms with Crippen LogP contribution < -0.4 is 22.2 Å². The Morgan fingerprint density at radius 3 is 1.69 bits per heavy atom. The van der Waals surface area contributed by atoms with Crippen molar-refractivity contribution in [3.8, 4) is 0 Å². The van der Waals surface area contributed by atoms with Crippen molar-refractivity contribution in [2.24, 2.45) is 27.6 Å². The summed E-state index contributed by atoms with van der Waals surface area (Å²) in [6.07, 6.45) is 15.0. The molecule has 2 fully saturated rings. The van der Waals surface area contributed by atoms with Gasteiger partial charge < -0.3 is 21.3 Å². The average Bonchev–Trinajstić information content (AvgIpc) is 3.93. The Morgan fingerprint density at radius 2 is 1.22 bits per heavy atom. The summed E-state index contributed by atoms with van der Waals surface area (Å²) < 4.78 is 29.3. The summed E-state index contributed by atoms with van der Waals surface area (Å²) in [7, 11) is 0. The Hall–Kier alpha value is -5.61. The zero-order chi connectivity index (χ0) is 46.6. The number of anilines is 1. The van der Waals surface area contributed by atoms with E-state index < -0.39 is 29.8 Å². The Morgan fingerprint density at radius 1 is 0.738 bits per heavy atom. The fraction of sp³-hybridized carbons (Fsp3) is 0.500. The molecule has 2 aromatic carbocycles. The number of nitrogens with two attached hydrogens (primary N) is 1. The monoisotopic (exact) mass is 916 g/mol. The molecule has 14 nitrogen and oxygen atoms in total. The van der Waals surface area contributed by atoms with Crippen molar-refractivity contribution < 1.29 is 28.6 Å². The summed E-state index contributed by atoms with van der Waals surface area (Å²) in [5.74, 6) is -0.877. The number of carboxylic acids is 2. The predicted molar refractivity (Wildman–Crippen MR) is 248 cm³/mol. The molecule has 5 N–H and O–H groups in total. The second-order valence-electron chi connectivity index (χ2n) is 17.2. The highest BCUT2D eigenvalue weighted by Gasteiger charge is 2.31. The summed E-state index contributed by atoms with van der Waals surface area (Å²) in [4.78, 5) is 66.3. The van der Waals surface area contributed by atoms with Crippen molar-refractivity contribution in [2.45, 2.75) is 142 Å². The van der Waals surface area contributed by atoms with Crippen LogP contribution >= 0.6 is 11.6 Å². The Labute approximate surface area is 382 Å². The molecule has 2 aliphatic carbocycles. The van der Waals surface area contributed by atoms with Gasteiger partial charge >= 0.3 is 11.9 Å². The number of aromatic nitrogens is 4. The van der Waals surface area contributed by atoms with Crippen LogP contribution in [0.5, 0.6) is 0 Å². The van der Waals surface area contributed by atoms with Crippen LogP contribution in [0, 0.1) is 23.5 Å². The molecule has 2 saturated carbocycles. The first-order valence-corrected chi connectivity index (χ1v) is 23.2. The van der Waals surface area contributed by atoms with Gasteiger partial charge in [-0.05, 0) is 104 Å². The second kappa shape index (κ2) is 23.0. The van der Waals surface area contributed by atoms with E-state index in [4.69, 9.17) is 27.4 Å². The van der Waals surface area contributed by atoms with E-state index in [2.05, 4.69) is 20.3 Å². The number of rotatable bonds is 14. The number of hydrogen-bond donors (Lipinski definition) is 4. The first-order valence-electron chi connectivity index (χ1n) is 22.8. The van der Waals surface area contributed by atoms with Gasteiger partial charge in [0.15, 0.2) is 11.6 Å². The van der Waals surface area contributed by atoms with E-state index in [0.29, 0.717) is 72.5 Å². The topological polar surface area (TPSA) is 207 Å². The molecule has 0 saturated heterocycles. The van der Waals surface area contributed by atoms with Gasteiger partial charge in [-0.3, -0.25) is 23.5 Å². The second-order valence-corrected chi connectivity index (χ2v) is 17.5. The Bertz CT molecular complexity index is 2510. The van der Waals surface area contributed by atoms with E-state index in [1.54, 1.807) is 22.8 Å². The molecule has 65 heavy (non-hydrogen) atoms.